The van der Waals surface area contributed by atoms with Crippen molar-refractivity contribution >= 4 is 17.6 Å². The summed E-state index contributed by atoms with van der Waals surface area (Å²) >= 11 is 0. The van der Waals surface area contributed by atoms with E-state index in [4.69, 9.17) is 5.11 Å². The van der Waals surface area contributed by atoms with E-state index in [-0.39, 0.29) is 17.3 Å². The van der Waals surface area contributed by atoms with Crippen molar-refractivity contribution < 1.29 is 9.90 Å². The van der Waals surface area contributed by atoms with Crippen LogP contribution in [-0.4, -0.2) is 11.1 Å². The molecule has 0 bridgehead atoms. The maximum absolute atomic E-state index is 10.8. The van der Waals surface area contributed by atoms with Crippen molar-refractivity contribution in [3.8, 4) is 0 Å². The average molecular weight is 363 g/mol. The number of hydrogen-bond acceptors (Lipinski definition) is 1. The Bertz CT molecular complexity index is 883. The van der Waals surface area contributed by atoms with Gasteiger partial charge in [0.2, 0.25) is 0 Å². The van der Waals surface area contributed by atoms with Gasteiger partial charge < -0.3 is 5.11 Å². The summed E-state index contributed by atoms with van der Waals surface area (Å²) in [5, 5.41) is 8.89. The topological polar surface area (TPSA) is 37.3 Å². The molecule has 0 saturated heterocycles. The molecule has 1 aliphatic rings. The Balaban J connectivity index is 1.92. The van der Waals surface area contributed by atoms with Crippen molar-refractivity contribution in [2.75, 3.05) is 0 Å². The number of allylic oxidation sites excluding steroid dienone is 1. The fraction of sp³-hybridized carbons (Fsp3) is 0.400. The Labute approximate surface area is 162 Å². The first-order chi connectivity index (χ1) is 12.6. The van der Waals surface area contributed by atoms with Crippen LogP contribution < -0.4 is 0 Å². The molecule has 1 N–H and O–H groups in total. The molecule has 0 spiro atoms. The van der Waals surface area contributed by atoms with Crippen LogP contribution in [0, 0.1) is 0 Å². The molecule has 2 aromatic carbocycles. The van der Waals surface area contributed by atoms with Crippen molar-refractivity contribution in [1.82, 2.24) is 0 Å². The zero-order valence-corrected chi connectivity index (χ0v) is 17.1. The second kappa shape index (κ2) is 6.99. The van der Waals surface area contributed by atoms with Gasteiger partial charge >= 0.3 is 5.97 Å². The van der Waals surface area contributed by atoms with E-state index in [0.717, 1.165) is 11.1 Å². The predicted octanol–water partition coefficient (Wildman–Crippen LogP) is 6.22. The Morgan fingerprint density at radius 1 is 0.963 bits per heavy atom. The molecule has 0 unspecified atom stereocenters. The minimum absolute atomic E-state index is 0.0681. The van der Waals surface area contributed by atoms with Crippen LogP contribution in [0.5, 0.6) is 0 Å². The molecule has 2 aromatic rings. The minimum Gasteiger partial charge on any atom is -0.481 e. The molecular formula is C25H30O2. The van der Waals surface area contributed by atoms with E-state index in [1.54, 1.807) is 0 Å². The highest BCUT2D eigenvalue weighted by molar-refractivity contribution is 5.81. The molecule has 3 rings (SSSR count). The molecule has 27 heavy (non-hydrogen) atoms. The number of carbonyl (C=O) groups is 1. The SMILES string of the molecule is CC(=Cc1ccc(CC(=O)O)cc1)c1ccc2c(c1)C(C)(C)CCC2(C)C. The largest absolute Gasteiger partial charge is 0.481 e. The smallest absolute Gasteiger partial charge is 0.307 e. The van der Waals surface area contributed by atoms with E-state index >= 15 is 0 Å². The minimum atomic E-state index is -0.797. The van der Waals surface area contributed by atoms with Crippen molar-refractivity contribution in [3.63, 3.8) is 0 Å². The van der Waals surface area contributed by atoms with Gasteiger partial charge in [-0.05, 0) is 64.0 Å². The maximum atomic E-state index is 10.8. The van der Waals surface area contributed by atoms with Crippen molar-refractivity contribution in [3.05, 3.63) is 70.3 Å². The van der Waals surface area contributed by atoms with E-state index < -0.39 is 5.97 Å². The van der Waals surface area contributed by atoms with Crippen LogP contribution in [0.25, 0.3) is 11.6 Å². The van der Waals surface area contributed by atoms with Crippen LogP contribution in [0.15, 0.2) is 42.5 Å². The fourth-order valence-electron chi connectivity index (χ4n) is 4.07. The van der Waals surface area contributed by atoms with Gasteiger partial charge in [0, 0.05) is 0 Å². The van der Waals surface area contributed by atoms with Gasteiger partial charge in [0.15, 0.2) is 0 Å². The van der Waals surface area contributed by atoms with Gasteiger partial charge in [-0.2, -0.15) is 0 Å². The Hall–Kier alpha value is -2.35. The zero-order chi connectivity index (χ0) is 19.8. The van der Waals surface area contributed by atoms with Crippen molar-refractivity contribution in [2.45, 2.75) is 64.7 Å². The molecule has 0 saturated carbocycles. The zero-order valence-electron chi connectivity index (χ0n) is 17.1. The van der Waals surface area contributed by atoms with Gasteiger partial charge in [-0.3, -0.25) is 4.79 Å². The van der Waals surface area contributed by atoms with Gasteiger partial charge in [-0.1, -0.05) is 76.2 Å². The van der Waals surface area contributed by atoms with E-state index in [2.05, 4.69) is 58.9 Å². The number of benzene rings is 2. The highest BCUT2D eigenvalue weighted by Crippen LogP contribution is 2.46. The summed E-state index contributed by atoms with van der Waals surface area (Å²) in [6.07, 6.45) is 4.68. The summed E-state index contributed by atoms with van der Waals surface area (Å²) in [7, 11) is 0. The third-order valence-electron chi connectivity index (χ3n) is 6.03. The lowest BCUT2D eigenvalue weighted by molar-refractivity contribution is -0.136. The van der Waals surface area contributed by atoms with E-state index in [1.807, 2.05) is 24.3 Å². The first kappa shape index (κ1) is 19.4. The number of carboxylic acids is 1. The third kappa shape index (κ3) is 4.16. The van der Waals surface area contributed by atoms with Crippen LogP contribution in [0.3, 0.4) is 0 Å². The summed E-state index contributed by atoms with van der Waals surface area (Å²) in [5.74, 6) is -0.797. The molecule has 0 heterocycles. The monoisotopic (exact) mass is 362 g/mol. The van der Waals surface area contributed by atoms with Crippen LogP contribution in [0.2, 0.25) is 0 Å². The number of rotatable bonds is 4. The summed E-state index contributed by atoms with van der Waals surface area (Å²) in [6, 6.07) is 14.7. The fourth-order valence-corrected chi connectivity index (χ4v) is 4.07. The molecule has 1 aliphatic carbocycles. The maximum Gasteiger partial charge on any atom is 0.307 e. The van der Waals surface area contributed by atoms with Gasteiger partial charge in [-0.25, -0.2) is 0 Å². The second-order valence-corrected chi connectivity index (χ2v) is 9.17. The molecule has 0 amide bonds. The lowest BCUT2D eigenvalue weighted by Crippen LogP contribution is -2.33. The van der Waals surface area contributed by atoms with Crippen molar-refractivity contribution in [1.29, 1.82) is 0 Å². The number of aliphatic carboxylic acids is 1. The first-order valence-electron chi connectivity index (χ1n) is 9.73. The summed E-state index contributed by atoms with van der Waals surface area (Å²) in [4.78, 5) is 10.8. The first-order valence-corrected chi connectivity index (χ1v) is 9.73. The number of fused-ring (bicyclic) bond motifs is 1. The predicted molar refractivity (Wildman–Crippen MR) is 113 cm³/mol. The number of hydrogen-bond donors (Lipinski definition) is 1. The van der Waals surface area contributed by atoms with E-state index in [0.29, 0.717) is 0 Å². The molecule has 2 nitrogen and oxygen atoms in total. The molecule has 2 heteroatoms. The van der Waals surface area contributed by atoms with Crippen LogP contribution in [-0.2, 0) is 22.0 Å². The van der Waals surface area contributed by atoms with Crippen molar-refractivity contribution in [2.24, 2.45) is 0 Å². The highest BCUT2D eigenvalue weighted by Gasteiger charge is 2.36. The number of carboxylic acid groups (broad SMARTS) is 1. The summed E-state index contributed by atoms with van der Waals surface area (Å²) in [5.41, 5.74) is 7.81. The molecular weight excluding hydrogens is 332 g/mol. The summed E-state index contributed by atoms with van der Waals surface area (Å²) in [6.45, 7) is 11.5. The highest BCUT2D eigenvalue weighted by atomic mass is 16.4. The van der Waals surface area contributed by atoms with Crippen LogP contribution in [0.1, 0.15) is 75.3 Å². The second-order valence-electron chi connectivity index (χ2n) is 9.17. The van der Waals surface area contributed by atoms with Crippen LogP contribution >= 0.6 is 0 Å². The molecule has 0 aromatic heterocycles. The molecule has 0 radical (unpaired) electrons. The standard InChI is InChI=1S/C25H30O2/c1-17(14-18-6-8-19(9-7-18)15-23(26)27)20-10-11-21-22(16-20)25(4,5)13-12-24(21,2)3/h6-11,14,16H,12-13,15H2,1-5H3,(H,26,27). The molecule has 142 valence electrons. The van der Waals surface area contributed by atoms with Gasteiger partial charge in [0.1, 0.15) is 0 Å². The summed E-state index contributed by atoms with van der Waals surface area (Å²) < 4.78 is 0. The lowest BCUT2D eigenvalue weighted by atomic mass is 9.63. The molecule has 0 aliphatic heterocycles. The lowest BCUT2D eigenvalue weighted by Gasteiger charge is -2.42. The Kier molecular flexibility index (Phi) is 5.03. The molecule has 0 fully saturated rings. The normalized spacial score (nSPS) is 18.0. The average Bonchev–Trinajstić information content (AvgIpc) is 2.60. The Morgan fingerprint density at radius 2 is 1.56 bits per heavy atom. The van der Waals surface area contributed by atoms with Crippen LogP contribution in [0.4, 0.5) is 0 Å². The molecule has 0 atom stereocenters. The van der Waals surface area contributed by atoms with Gasteiger partial charge in [0.05, 0.1) is 6.42 Å². The Morgan fingerprint density at radius 3 is 2.15 bits per heavy atom. The van der Waals surface area contributed by atoms with Gasteiger partial charge in [0.25, 0.3) is 0 Å². The van der Waals surface area contributed by atoms with E-state index in [9.17, 15) is 4.79 Å². The third-order valence-corrected chi connectivity index (χ3v) is 6.03. The van der Waals surface area contributed by atoms with E-state index in [1.165, 1.54) is 35.1 Å². The quantitative estimate of drug-likeness (QED) is 0.655. The van der Waals surface area contributed by atoms with Gasteiger partial charge in [-0.15, -0.1) is 0 Å².